The van der Waals surface area contributed by atoms with Crippen molar-refractivity contribution in [1.29, 1.82) is 0 Å². The largest absolute Gasteiger partial charge is 0.416 e. The minimum absolute atomic E-state index is 0.0226. The number of aryl methyl sites for hydroxylation is 1. The fourth-order valence-corrected chi connectivity index (χ4v) is 3.50. The lowest BCUT2D eigenvalue weighted by atomic mass is 10.2. The number of amides is 1. The SMILES string of the molecule is Cc1nc(N(C)S(C)(=O)=O)sc1C(=O)Nc1cccc(C(F)(F)F)c1. The minimum atomic E-state index is -4.52. The number of carbonyl (C=O) groups excluding carboxylic acids is 1. The van der Waals surface area contributed by atoms with Crippen molar-refractivity contribution >= 4 is 38.1 Å². The topological polar surface area (TPSA) is 79.4 Å². The van der Waals surface area contributed by atoms with Crippen molar-refractivity contribution in [2.75, 3.05) is 22.9 Å². The number of benzene rings is 1. The fraction of sp³-hybridized carbons (Fsp3) is 0.286. The maximum atomic E-state index is 12.7. The average Bonchev–Trinajstić information content (AvgIpc) is 2.86. The molecule has 6 nitrogen and oxygen atoms in total. The number of thiazole rings is 1. The van der Waals surface area contributed by atoms with E-state index < -0.39 is 27.7 Å². The number of sulfonamides is 1. The van der Waals surface area contributed by atoms with Gasteiger partial charge in [-0.3, -0.25) is 4.79 Å². The summed E-state index contributed by atoms with van der Waals surface area (Å²) in [5.41, 5.74) is -0.630. The Kier molecular flexibility index (Phi) is 5.09. The summed E-state index contributed by atoms with van der Waals surface area (Å²) in [7, 11) is -2.25. The molecule has 1 N–H and O–H groups in total. The number of aromatic nitrogens is 1. The summed E-state index contributed by atoms with van der Waals surface area (Å²) in [4.78, 5) is 16.4. The molecule has 1 heterocycles. The van der Waals surface area contributed by atoms with Crippen LogP contribution in [-0.2, 0) is 16.2 Å². The van der Waals surface area contributed by atoms with Crippen LogP contribution in [0.15, 0.2) is 24.3 Å². The van der Waals surface area contributed by atoms with E-state index in [1.54, 1.807) is 0 Å². The fourth-order valence-electron chi connectivity index (χ4n) is 1.83. The third-order valence-corrected chi connectivity index (χ3v) is 5.72. The van der Waals surface area contributed by atoms with E-state index in [0.29, 0.717) is 0 Å². The average molecular weight is 393 g/mol. The first kappa shape index (κ1) is 19.2. The Morgan fingerprint density at radius 2 is 1.96 bits per heavy atom. The van der Waals surface area contributed by atoms with Crippen molar-refractivity contribution in [3.05, 3.63) is 40.4 Å². The summed E-state index contributed by atoms with van der Waals surface area (Å²) in [6.45, 7) is 1.51. The van der Waals surface area contributed by atoms with Gasteiger partial charge in [0.05, 0.1) is 17.5 Å². The van der Waals surface area contributed by atoms with Crippen LogP contribution in [0.2, 0.25) is 0 Å². The van der Waals surface area contributed by atoms with Crippen molar-refractivity contribution in [3.8, 4) is 0 Å². The molecule has 0 bridgehead atoms. The van der Waals surface area contributed by atoms with E-state index in [1.165, 1.54) is 26.1 Å². The van der Waals surface area contributed by atoms with Crippen LogP contribution in [0.5, 0.6) is 0 Å². The van der Waals surface area contributed by atoms with Gasteiger partial charge in [-0.25, -0.2) is 17.7 Å². The Balaban J connectivity index is 2.27. The molecule has 0 saturated carbocycles. The van der Waals surface area contributed by atoms with Crippen molar-refractivity contribution in [1.82, 2.24) is 4.98 Å². The Morgan fingerprint density at radius 1 is 1.32 bits per heavy atom. The van der Waals surface area contributed by atoms with Gasteiger partial charge in [-0.1, -0.05) is 17.4 Å². The molecule has 2 aromatic rings. The summed E-state index contributed by atoms with van der Waals surface area (Å²) < 4.78 is 62.1. The number of nitrogens with zero attached hydrogens (tertiary/aromatic N) is 2. The number of hydrogen-bond donors (Lipinski definition) is 1. The zero-order valence-corrected chi connectivity index (χ0v) is 15.0. The summed E-state index contributed by atoms with van der Waals surface area (Å²) in [6, 6.07) is 4.22. The molecular weight excluding hydrogens is 379 g/mol. The quantitative estimate of drug-likeness (QED) is 0.866. The highest BCUT2D eigenvalue weighted by Crippen LogP contribution is 2.31. The molecule has 1 amide bonds. The maximum absolute atomic E-state index is 12.7. The second kappa shape index (κ2) is 6.64. The normalized spacial score (nSPS) is 12.1. The minimum Gasteiger partial charge on any atom is -0.321 e. The smallest absolute Gasteiger partial charge is 0.321 e. The second-order valence-electron chi connectivity index (χ2n) is 5.17. The number of halogens is 3. The van der Waals surface area contributed by atoms with Crippen LogP contribution in [0.1, 0.15) is 20.9 Å². The first-order chi connectivity index (χ1) is 11.4. The van der Waals surface area contributed by atoms with Crippen LogP contribution < -0.4 is 9.62 Å². The van der Waals surface area contributed by atoms with E-state index in [4.69, 9.17) is 0 Å². The van der Waals surface area contributed by atoms with Gasteiger partial charge in [0.2, 0.25) is 10.0 Å². The number of anilines is 2. The van der Waals surface area contributed by atoms with Gasteiger partial charge in [0.1, 0.15) is 4.88 Å². The first-order valence-electron chi connectivity index (χ1n) is 6.79. The molecule has 11 heteroatoms. The lowest BCUT2D eigenvalue weighted by molar-refractivity contribution is -0.137. The summed E-state index contributed by atoms with van der Waals surface area (Å²) in [5.74, 6) is -0.664. The molecule has 1 aromatic carbocycles. The van der Waals surface area contributed by atoms with Crippen molar-refractivity contribution < 1.29 is 26.4 Å². The van der Waals surface area contributed by atoms with Crippen molar-refractivity contribution in [2.24, 2.45) is 0 Å². The number of rotatable bonds is 4. The van der Waals surface area contributed by atoms with E-state index in [0.717, 1.165) is 34.0 Å². The van der Waals surface area contributed by atoms with E-state index in [9.17, 15) is 26.4 Å². The van der Waals surface area contributed by atoms with Gasteiger partial charge in [0, 0.05) is 12.7 Å². The summed E-state index contributed by atoms with van der Waals surface area (Å²) in [6.07, 6.45) is -3.53. The van der Waals surface area contributed by atoms with E-state index in [2.05, 4.69) is 10.3 Å². The van der Waals surface area contributed by atoms with Gasteiger partial charge in [-0.15, -0.1) is 0 Å². The molecule has 1 aromatic heterocycles. The zero-order chi connectivity index (χ0) is 19.0. The summed E-state index contributed by atoms with van der Waals surface area (Å²) >= 11 is 0.833. The number of nitrogens with one attached hydrogen (secondary N) is 1. The van der Waals surface area contributed by atoms with Crippen LogP contribution in [-0.4, -0.2) is 32.6 Å². The number of alkyl halides is 3. The lowest BCUT2D eigenvalue weighted by Gasteiger charge is -2.11. The van der Waals surface area contributed by atoms with Crippen molar-refractivity contribution in [3.63, 3.8) is 0 Å². The van der Waals surface area contributed by atoms with Gasteiger partial charge in [-0.2, -0.15) is 13.2 Å². The Morgan fingerprint density at radius 3 is 2.52 bits per heavy atom. The Bertz CT molecular complexity index is 908. The van der Waals surface area contributed by atoms with Gasteiger partial charge < -0.3 is 5.32 Å². The predicted molar refractivity (Wildman–Crippen MR) is 89.5 cm³/mol. The molecular formula is C14H14F3N3O3S2. The molecule has 2 rings (SSSR count). The highest BCUT2D eigenvalue weighted by molar-refractivity contribution is 7.92. The van der Waals surface area contributed by atoms with E-state index in [1.807, 2.05) is 0 Å². The second-order valence-corrected chi connectivity index (χ2v) is 8.17. The Hall–Kier alpha value is -2.14. The molecule has 0 radical (unpaired) electrons. The highest BCUT2D eigenvalue weighted by atomic mass is 32.2. The maximum Gasteiger partial charge on any atom is 0.416 e. The lowest BCUT2D eigenvalue weighted by Crippen LogP contribution is -2.24. The van der Waals surface area contributed by atoms with Gasteiger partial charge in [-0.05, 0) is 25.1 Å². The first-order valence-corrected chi connectivity index (χ1v) is 9.46. The molecule has 0 unspecified atom stereocenters. The molecule has 0 spiro atoms. The molecule has 0 saturated heterocycles. The van der Waals surface area contributed by atoms with Gasteiger partial charge in [0.15, 0.2) is 5.13 Å². The molecule has 136 valence electrons. The van der Waals surface area contributed by atoms with Crippen LogP contribution >= 0.6 is 11.3 Å². The van der Waals surface area contributed by atoms with Crippen LogP contribution in [0.25, 0.3) is 0 Å². The predicted octanol–water partition coefficient (Wildman–Crippen LogP) is 3.12. The number of carbonyl (C=O) groups is 1. The number of hydrogen-bond acceptors (Lipinski definition) is 5. The zero-order valence-electron chi connectivity index (χ0n) is 13.4. The molecule has 0 aliphatic rings. The molecule has 0 aliphatic carbocycles. The third-order valence-electron chi connectivity index (χ3n) is 3.21. The van der Waals surface area contributed by atoms with Crippen LogP contribution in [0.4, 0.5) is 24.0 Å². The monoisotopic (exact) mass is 393 g/mol. The van der Waals surface area contributed by atoms with E-state index >= 15 is 0 Å². The Labute approximate surface area is 146 Å². The third kappa shape index (κ3) is 4.48. The van der Waals surface area contributed by atoms with Crippen LogP contribution in [0.3, 0.4) is 0 Å². The molecule has 0 atom stereocenters. The highest BCUT2D eigenvalue weighted by Gasteiger charge is 2.30. The van der Waals surface area contributed by atoms with Crippen molar-refractivity contribution in [2.45, 2.75) is 13.1 Å². The summed E-state index contributed by atoms with van der Waals surface area (Å²) in [5, 5.41) is 2.46. The molecule has 0 fully saturated rings. The molecule has 0 aliphatic heterocycles. The van der Waals surface area contributed by atoms with Gasteiger partial charge in [0.25, 0.3) is 5.91 Å². The molecule has 25 heavy (non-hydrogen) atoms. The van der Waals surface area contributed by atoms with E-state index in [-0.39, 0.29) is 21.4 Å². The van der Waals surface area contributed by atoms with Crippen LogP contribution in [0, 0.1) is 6.92 Å². The van der Waals surface area contributed by atoms with Gasteiger partial charge >= 0.3 is 6.18 Å². The standard InChI is InChI=1S/C14H14F3N3O3S2/c1-8-11(24-13(18-8)20(2)25(3,22)23)12(21)19-10-6-4-5-9(7-10)14(15,16)17/h4-7H,1-3H3,(H,19,21).